The van der Waals surface area contributed by atoms with E-state index in [-0.39, 0.29) is 0 Å². The lowest BCUT2D eigenvalue weighted by atomic mass is 10.2. The molecule has 16 heavy (non-hydrogen) atoms. The van der Waals surface area contributed by atoms with Gasteiger partial charge in [-0.2, -0.15) is 0 Å². The summed E-state index contributed by atoms with van der Waals surface area (Å²) in [5, 5.41) is 6.59. The van der Waals surface area contributed by atoms with E-state index in [9.17, 15) is 0 Å². The Morgan fingerprint density at radius 3 is 2.88 bits per heavy atom. The molecule has 84 valence electrons. The first-order valence-corrected chi connectivity index (χ1v) is 6.15. The quantitative estimate of drug-likeness (QED) is 0.881. The molecule has 0 aliphatic carbocycles. The fourth-order valence-corrected chi connectivity index (χ4v) is 2.21. The first-order valence-electron chi connectivity index (χ1n) is 5.27. The van der Waals surface area contributed by atoms with Gasteiger partial charge in [0.1, 0.15) is 5.01 Å². The Morgan fingerprint density at radius 2 is 2.19 bits per heavy atom. The lowest BCUT2D eigenvalue weighted by molar-refractivity contribution is 0.684. The Kier molecular flexibility index (Phi) is 3.64. The van der Waals surface area contributed by atoms with Crippen molar-refractivity contribution in [2.24, 2.45) is 0 Å². The lowest BCUT2D eigenvalue weighted by Crippen LogP contribution is -2.13. The van der Waals surface area contributed by atoms with E-state index in [1.165, 1.54) is 11.1 Å². The van der Waals surface area contributed by atoms with Gasteiger partial charge in [-0.25, -0.2) is 4.98 Å². The number of pyridine rings is 1. The largest absolute Gasteiger partial charge is 0.306 e. The lowest BCUT2D eigenvalue weighted by Gasteiger charge is -2.05. The molecule has 0 aromatic carbocycles. The molecule has 0 radical (unpaired) electrons. The molecule has 1 N–H and O–H groups in total. The summed E-state index contributed by atoms with van der Waals surface area (Å²) in [6.45, 7) is 5.79. The number of rotatable bonds is 4. The molecular weight excluding hydrogens is 218 g/mol. The summed E-state index contributed by atoms with van der Waals surface area (Å²) in [5.41, 5.74) is 3.62. The first kappa shape index (κ1) is 11.2. The fraction of sp³-hybridized carbons (Fsp3) is 0.333. The Bertz CT molecular complexity index is 465. The van der Waals surface area contributed by atoms with Crippen LogP contribution in [0.1, 0.15) is 21.8 Å². The summed E-state index contributed by atoms with van der Waals surface area (Å²) in [4.78, 5) is 8.53. The van der Waals surface area contributed by atoms with Gasteiger partial charge in [-0.15, -0.1) is 11.3 Å². The van der Waals surface area contributed by atoms with Gasteiger partial charge in [0.2, 0.25) is 0 Å². The van der Waals surface area contributed by atoms with Crippen LogP contribution in [0.25, 0.3) is 0 Å². The zero-order valence-corrected chi connectivity index (χ0v) is 10.3. The molecular formula is C12H15N3S. The Labute approximate surface area is 99.6 Å². The SMILES string of the molecule is Cc1csc(CNCc2cnccc2C)n1. The van der Waals surface area contributed by atoms with Gasteiger partial charge in [-0.3, -0.25) is 4.98 Å². The third-order valence-corrected chi connectivity index (χ3v) is 3.37. The number of aromatic nitrogens is 2. The molecule has 0 aliphatic heterocycles. The summed E-state index contributed by atoms with van der Waals surface area (Å²) in [7, 11) is 0. The molecule has 0 saturated heterocycles. The zero-order valence-electron chi connectivity index (χ0n) is 9.53. The second-order valence-corrected chi connectivity index (χ2v) is 4.73. The normalized spacial score (nSPS) is 10.6. The van der Waals surface area contributed by atoms with Crippen LogP contribution in [0.15, 0.2) is 23.8 Å². The van der Waals surface area contributed by atoms with Gasteiger partial charge in [0.15, 0.2) is 0 Å². The topological polar surface area (TPSA) is 37.8 Å². The van der Waals surface area contributed by atoms with Gasteiger partial charge in [-0.1, -0.05) is 0 Å². The summed E-state index contributed by atoms with van der Waals surface area (Å²) in [6.07, 6.45) is 3.73. The molecule has 0 amide bonds. The van der Waals surface area contributed by atoms with Crippen LogP contribution >= 0.6 is 11.3 Å². The van der Waals surface area contributed by atoms with Crippen molar-refractivity contribution >= 4 is 11.3 Å². The van der Waals surface area contributed by atoms with E-state index in [2.05, 4.69) is 27.6 Å². The van der Waals surface area contributed by atoms with E-state index in [1.54, 1.807) is 11.3 Å². The third-order valence-electron chi connectivity index (χ3n) is 2.41. The molecule has 0 saturated carbocycles. The van der Waals surface area contributed by atoms with Crippen LogP contribution in [0.5, 0.6) is 0 Å². The number of hydrogen-bond acceptors (Lipinski definition) is 4. The van der Waals surface area contributed by atoms with Gasteiger partial charge in [0.25, 0.3) is 0 Å². The van der Waals surface area contributed by atoms with E-state index in [1.807, 2.05) is 25.4 Å². The molecule has 2 aromatic heterocycles. The molecule has 0 spiro atoms. The molecule has 3 nitrogen and oxygen atoms in total. The van der Waals surface area contributed by atoms with Gasteiger partial charge < -0.3 is 5.32 Å². The molecule has 0 unspecified atom stereocenters. The molecule has 0 bridgehead atoms. The monoisotopic (exact) mass is 233 g/mol. The number of aryl methyl sites for hydroxylation is 2. The minimum Gasteiger partial charge on any atom is -0.306 e. The minimum absolute atomic E-state index is 0.826. The van der Waals surface area contributed by atoms with E-state index in [4.69, 9.17) is 0 Å². The van der Waals surface area contributed by atoms with E-state index in [0.29, 0.717) is 0 Å². The maximum atomic E-state index is 4.40. The molecule has 2 rings (SSSR count). The average Bonchev–Trinajstić information content (AvgIpc) is 2.67. The number of nitrogens with zero attached hydrogens (tertiary/aromatic N) is 2. The highest BCUT2D eigenvalue weighted by atomic mass is 32.1. The van der Waals surface area contributed by atoms with Gasteiger partial charge in [-0.05, 0) is 31.0 Å². The average molecular weight is 233 g/mol. The van der Waals surface area contributed by atoms with Gasteiger partial charge in [0, 0.05) is 36.6 Å². The molecule has 2 aromatic rings. The smallest absolute Gasteiger partial charge is 0.107 e. The van der Waals surface area contributed by atoms with Gasteiger partial charge in [0.05, 0.1) is 0 Å². The van der Waals surface area contributed by atoms with Crippen LogP contribution in [0.3, 0.4) is 0 Å². The van der Waals surface area contributed by atoms with Crippen molar-refractivity contribution in [3.8, 4) is 0 Å². The van der Waals surface area contributed by atoms with Crippen molar-refractivity contribution in [1.82, 2.24) is 15.3 Å². The van der Waals surface area contributed by atoms with Crippen molar-refractivity contribution in [3.05, 3.63) is 45.7 Å². The number of thiazole rings is 1. The van der Waals surface area contributed by atoms with Crippen molar-refractivity contribution < 1.29 is 0 Å². The summed E-state index contributed by atoms with van der Waals surface area (Å²) in [5.74, 6) is 0. The highest BCUT2D eigenvalue weighted by Crippen LogP contribution is 2.09. The molecule has 4 heteroatoms. The standard InChI is InChI=1S/C12H15N3S/c1-9-3-4-13-5-11(9)6-14-7-12-15-10(2)8-16-12/h3-5,8,14H,6-7H2,1-2H3. The van der Waals surface area contributed by atoms with Crippen LogP contribution in [-0.4, -0.2) is 9.97 Å². The second kappa shape index (κ2) is 5.18. The van der Waals surface area contributed by atoms with Crippen molar-refractivity contribution in [1.29, 1.82) is 0 Å². The van der Waals surface area contributed by atoms with Crippen LogP contribution in [-0.2, 0) is 13.1 Å². The predicted octanol–water partition coefficient (Wildman–Crippen LogP) is 2.44. The first-order chi connectivity index (χ1) is 7.75. The molecule has 2 heterocycles. The third kappa shape index (κ3) is 2.87. The summed E-state index contributed by atoms with van der Waals surface area (Å²) in [6, 6.07) is 2.03. The fourth-order valence-electron chi connectivity index (χ4n) is 1.47. The van der Waals surface area contributed by atoms with Crippen LogP contribution in [0.2, 0.25) is 0 Å². The summed E-state index contributed by atoms with van der Waals surface area (Å²) >= 11 is 1.70. The Balaban J connectivity index is 1.87. The van der Waals surface area contributed by atoms with Crippen molar-refractivity contribution in [2.75, 3.05) is 0 Å². The highest BCUT2D eigenvalue weighted by Gasteiger charge is 2.00. The van der Waals surface area contributed by atoms with E-state index >= 15 is 0 Å². The van der Waals surface area contributed by atoms with E-state index in [0.717, 1.165) is 23.8 Å². The Hall–Kier alpha value is -1.26. The molecule has 0 aliphatic rings. The molecule has 0 fully saturated rings. The molecule has 0 atom stereocenters. The van der Waals surface area contributed by atoms with Crippen LogP contribution in [0.4, 0.5) is 0 Å². The number of hydrogen-bond donors (Lipinski definition) is 1. The van der Waals surface area contributed by atoms with E-state index < -0.39 is 0 Å². The minimum atomic E-state index is 0.826. The van der Waals surface area contributed by atoms with Crippen LogP contribution < -0.4 is 5.32 Å². The van der Waals surface area contributed by atoms with Crippen molar-refractivity contribution in [2.45, 2.75) is 26.9 Å². The predicted molar refractivity (Wildman–Crippen MR) is 66.4 cm³/mol. The Morgan fingerprint density at radius 1 is 1.31 bits per heavy atom. The highest BCUT2D eigenvalue weighted by molar-refractivity contribution is 7.09. The maximum Gasteiger partial charge on any atom is 0.107 e. The van der Waals surface area contributed by atoms with Crippen LogP contribution in [0, 0.1) is 13.8 Å². The van der Waals surface area contributed by atoms with Gasteiger partial charge >= 0.3 is 0 Å². The van der Waals surface area contributed by atoms with Crippen molar-refractivity contribution in [3.63, 3.8) is 0 Å². The summed E-state index contributed by atoms with van der Waals surface area (Å²) < 4.78 is 0. The maximum absolute atomic E-state index is 4.40. The zero-order chi connectivity index (χ0) is 11.4. The number of nitrogens with one attached hydrogen (secondary N) is 1. The second-order valence-electron chi connectivity index (χ2n) is 3.79.